The first-order chi connectivity index (χ1) is 16.8. The van der Waals surface area contributed by atoms with E-state index in [4.69, 9.17) is 4.42 Å². The highest BCUT2D eigenvalue weighted by Crippen LogP contribution is 2.30. The van der Waals surface area contributed by atoms with Gasteiger partial charge in [0, 0.05) is 29.1 Å². The van der Waals surface area contributed by atoms with Crippen molar-refractivity contribution in [3.63, 3.8) is 0 Å². The number of carbonyl (C=O) groups is 1. The van der Waals surface area contributed by atoms with E-state index < -0.39 is 0 Å². The average Bonchev–Trinajstić information content (AvgIpc) is 3.19. The van der Waals surface area contributed by atoms with E-state index in [0.29, 0.717) is 27.9 Å². The average molecular weight is 470 g/mol. The molecule has 0 aliphatic rings. The van der Waals surface area contributed by atoms with E-state index in [1.165, 1.54) is 4.68 Å². The van der Waals surface area contributed by atoms with Crippen molar-refractivity contribution < 1.29 is 9.21 Å². The van der Waals surface area contributed by atoms with Gasteiger partial charge in [-0.1, -0.05) is 48.6 Å². The molecule has 0 atom stereocenters. The summed E-state index contributed by atoms with van der Waals surface area (Å²) in [6.07, 6.45) is 9.61. The molecule has 0 fully saturated rings. The maximum absolute atomic E-state index is 12.8. The van der Waals surface area contributed by atoms with E-state index in [-0.39, 0.29) is 17.9 Å². The van der Waals surface area contributed by atoms with E-state index in [0.717, 1.165) is 22.1 Å². The summed E-state index contributed by atoms with van der Waals surface area (Å²) in [5.41, 5.74) is 3.66. The van der Waals surface area contributed by atoms with Gasteiger partial charge in [-0.3, -0.25) is 9.59 Å². The summed E-state index contributed by atoms with van der Waals surface area (Å²) in [6.45, 7) is 11.7. The quantitative estimate of drug-likeness (QED) is 0.342. The second kappa shape index (κ2) is 11.3. The Bertz CT molecular complexity index is 1500. The number of allylic oxidation sites excluding steroid dienone is 3. The highest BCUT2D eigenvalue weighted by molar-refractivity contribution is 5.99. The van der Waals surface area contributed by atoms with Crippen LogP contribution < -0.4 is 10.9 Å². The molecule has 2 heterocycles. The maximum atomic E-state index is 12.8. The molecular weight excluding hydrogens is 438 g/mol. The van der Waals surface area contributed by atoms with Crippen LogP contribution in [-0.4, -0.2) is 15.7 Å². The summed E-state index contributed by atoms with van der Waals surface area (Å²) in [5, 5.41) is 9.41. The van der Waals surface area contributed by atoms with E-state index in [2.05, 4.69) is 17.0 Å². The van der Waals surface area contributed by atoms with Gasteiger partial charge in [-0.15, -0.1) is 0 Å². The van der Waals surface area contributed by atoms with Crippen molar-refractivity contribution in [2.75, 3.05) is 5.32 Å². The van der Waals surface area contributed by atoms with Crippen molar-refractivity contribution >= 4 is 45.5 Å². The molecule has 0 spiro atoms. The molecular formula is C29H31N3O3. The number of benzene rings is 2. The first kappa shape index (κ1) is 25.4. The van der Waals surface area contributed by atoms with Crippen LogP contribution in [0.4, 0.5) is 5.69 Å². The highest BCUT2D eigenvalue weighted by atomic mass is 16.3. The topological polar surface area (TPSA) is 77.1 Å². The molecule has 4 aromatic rings. The van der Waals surface area contributed by atoms with Crippen LogP contribution in [0.25, 0.3) is 33.9 Å². The van der Waals surface area contributed by atoms with Crippen LogP contribution in [-0.2, 0) is 18.3 Å². The third-order valence-corrected chi connectivity index (χ3v) is 5.50. The number of aryl methyl sites for hydroxylation is 2. The summed E-state index contributed by atoms with van der Waals surface area (Å²) < 4.78 is 7.09. The second-order valence-corrected chi connectivity index (χ2v) is 8.11. The normalized spacial score (nSPS) is 11.2. The van der Waals surface area contributed by atoms with Gasteiger partial charge in [-0.2, -0.15) is 5.10 Å². The van der Waals surface area contributed by atoms with Crippen molar-refractivity contribution in [3.05, 3.63) is 94.1 Å². The van der Waals surface area contributed by atoms with E-state index in [1.54, 1.807) is 19.2 Å². The number of hydrogen-bond donors (Lipinski definition) is 1. The molecule has 35 heavy (non-hydrogen) atoms. The van der Waals surface area contributed by atoms with Crippen molar-refractivity contribution in [1.82, 2.24) is 9.78 Å². The third kappa shape index (κ3) is 5.66. The van der Waals surface area contributed by atoms with Crippen LogP contribution in [0.3, 0.4) is 0 Å². The Kier molecular flexibility index (Phi) is 8.21. The SMILES string of the molecule is C/C=C\C.C=Cc1oc2ccc(NC(=O)Cc3nn(C)c(=O)c4cc(C)ccc34)cc2c1/C=C\C. The monoisotopic (exact) mass is 469 g/mol. The summed E-state index contributed by atoms with van der Waals surface area (Å²) in [6, 6.07) is 11.1. The number of fused-ring (bicyclic) bond motifs is 2. The number of hydrogen-bond acceptors (Lipinski definition) is 4. The van der Waals surface area contributed by atoms with Gasteiger partial charge in [0.05, 0.1) is 17.5 Å². The molecule has 0 radical (unpaired) electrons. The van der Waals surface area contributed by atoms with Crippen LogP contribution in [0, 0.1) is 6.92 Å². The standard InChI is InChI=1S/C25H23N3O3.C4H8/c1-5-7-18-19-13-16(9-11-23(19)31-22(18)6-2)26-24(29)14-21-17-10-8-15(3)12-20(17)25(30)28(4)27-21;1-3-4-2/h5-13H,2,14H2,1,3-4H3,(H,26,29);3-4H,1-2H3/b7-5-;4-3-. The van der Waals surface area contributed by atoms with Crippen LogP contribution in [0.5, 0.6) is 0 Å². The fourth-order valence-electron chi connectivity index (χ4n) is 3.73. The number of nitrogens with zero attached hydrogens (tertiary/aromatic N) is 2. The molecule has 6 nitrogen and oxygen atoms in total. The zero-order valence-electron chi connectivity index (χ0n) is 20.9. The van der Waals surface area contributed by atoms with Gasteiger partial charge in [0.2, 0.25) is 5.91 Å². The number of aromatic nitrogens is 2. The molecule has 0 bridgehead atoms. The molecule has 1 amide bonds. The molecule has 0 saturated carbocycles. The van der Waals surface area contributed by atoms with Crippen LogP contribution >= 0.6 is 0 Å². The predicted molar refractivity (Wildman–Crippen MR) is 146 cm³/mol. The minimum absolute atomic E-state index is 0.0523. The number of furan rings is 1. The first-order valence-electron chi connectivity index (χ1n) is 11.5. The fourth-order valence-corrected chi connectivity index (χ4v) is 3.73. The van der Waals surface area contributed by atoms with Crippen molar-refractivity contribution in [1.29, 1.82) is 0 Å². The van der Waals surface area contributed by atoms with E-state index >= 15 is 0 Å². The van der Waals surface area contributed by atoms with Crippen LogP contribution in [0.15, 0.2) is 70.4 Å². The van der Waals surface area contributed by atoms with Crippen molar-refractivity contribution in [2.24, 2.45) is 7.05 Å². The Labute approximate surface area is 205 Å². The smallest absolute Gasteiger partial charge is 0.274 e. The minimum Gasteiger partial charge on any atom is -0.456 e. The molecule has 0 aliphatic carbocycles. The number of anilines is 1. The largest absolute Gasteiger partial charge is 0.456 e. The fraction of sp³-hybridized carbons (Fsp3) is 0.207. The molecule has 1 N–H and O–H groups in total. The van der Waals surface area contributed by atoms with Gasteiger partial charge in [-0.05, 0) is 58.0 Å². The number of amides is 1. The molecule has 6 heteroatoms. The molecule has 0 unspecified atom stereocenters. The summed E-state index contributed by atoms with van der Waals surface area (Å²) in [7, 11) is 1.60. The zero-order chi connectivity index (χ0) is 25.5. The number of rotatable bonds is 5. The van der Waals surface area contributed by atoms with Crippen molar-refractivity contribution in [2.45, 2.75) is 34.1 Å². The Morgan fingerprint density at radius 3 is 2.46 bits per heavy atom. The zero-order valence-corrected chi connectivity index (χ0v) is 20.9. The number of nitrogens with one attached hydrogen (secondary N) is 1. The second-order valence-electron chi connectivity index (χ2n) is 8.11. The molecule has 2 aromatic carbocycles. The van der Waals surface area contributed by atoms with Gasteiger partial charge in [0.1, 0.15) is 11.3 Å². The van der Waals surface area contributed by atoms with Crippen molar-refractivity contribution in [3.8, 4) is 0 Å². The molecule has 180 valence electrons. The highest BCUT2D eigenvalue weighted by Gasteiger charge is 2.15. The lowest BCUT2D eigenvalue weighted by molar-refractivity contribution is -0.115. The van der Waals surface area contributed by atoms with Gasteiger partial charge in [0.15, 0.2) is 0 Å². The maximum Gasteiger partial charge on any atom is 0.274 e. The number of carbonyl (C=O) groups excluding carboxylic acids is 1. The Morgan fingerprint density at radius 1 is 1.06 bits per heavy atom. The summed E-state index contributed by atoms with van der Waals surface area (Å²) >= 11 is 0. The lowest BCUT2D eigenvalue weighted by Crippen LogP contribution is -2.24. The van der Waals surface area contributed by atoms with Gasteiger partial charge < -0.3 is 9.73 Å². The van der Waals surface area contributed by atoms with Crippen LogP contribution in [0.2, 0.25) is 0 Å². The summed E-state index contributed by atoms with van der Waals surface area (Å²) in [4.78, 5) is 25.2. The Morgan fingerprint density at radius 2 is 1.80 bits per heavy atom. The minimum atomic E-state index is -0.215. The molecule has 4 rings (SSSR count). The molecule has 2 aromatic heterocycles. The predicted octanol–water partition coefficient (Wildman–Crippen LogP) is 6.43. The first-order valence-corrected chi connectivity index (χ1v) is 11.5. The third-order valence-electron chi connectivity index (χ3n) is 5.50. The van der Waals surface area contributed by atoms with Gasteiger partial charge >= 0.3 is 0 Å². The van der Waals surface area contributed by atoms with E-state index in [1.807, 2.05) is 82.3 Å². The molecule has 0 aliphatic heterocycles. The van der Waals surface area contributed by atoms with Gasteiger partial charge in [-0.25, -0.2) is 4.68 Å². The summed E-state index contributed by atoms with van der Waals surface area (Å²) in [5.74, 6) is 0.472. The molecule has 0 saturated heterocycles. The van der Waals surface area contributed by atoms with Gasteiger partial charge in [0.25, 0.3) is 5.56 Å². The lowest BCUT2D eigenvalue weighted by atomic mass is 10.1. The Balaban J connectivity index is 0.000000795. The van der Waals surface area contributed by atoms with E-state index in [9.17, 15) is 9.59 Å². The van der Waals surface area contributed by atoms with Crippen LogP contribution in [0.1, 0.15) is 43.4 Å². The Hall–Kier alpha value is -4.19. The lowest BCUT2D eigenvalue weighted by Gasteiger charge is -2.09.